The van der Waals surface area contributed by atoms with Gasteiger partial charge in [-0.05, 0) is 24.1 Å². The van der Waals surface area contributed by atoms with E-state index in [4.69, 9.17) is 15.7 Å². The average Bonchev–Trinajstić information content (AvgIpc) is 2.59. The largest absolute Gasteiger partial charge is 0.491 e. The summed E-state index contributed by atoms with van der Waals surface area (Å²) in [7, 11) is 0. The lowest BCUT2D eigenvalue weighted by Gasteiger charge is -2.07. The van der Waals surface area contributed by atoms with E-state index in [0.29, 0.717) is 12.2 Å². The predicted octanol–water partition coefficient (Wildman–Crippen LogP) is 1.51. The van der Waals surface area contributed by atoms with E-state index in [1.54, 1.807) is 6.07 Å². The Morgan fingerprint density at radius 1 is 1.64 bits per heavy atom. The Labute approximate surface area is 83.1 Å². The zero-order valence-corrected chi connectivity index (χ0v) is 8.08. The minimum Gasteiger partial charge on any atom is -0.491 e. The lowest BCUT2D eigenvalue weighted by atomic mass is 9.98. The number of fused-ring (bicyclic) bond motifs is 1. The SMILES string of the molecule is CCc1cc(C#N)cc2c1[C@@H](N)CO2. The van der Waals surface area contributed by atoms with Crippen LogP contribution >= 0.6 is 0 Å². The quantitative estimate of drug-likeness (QED) is 0.726. The van der Waals surface area contributed by atoms with Crippen LogP contribution in [0.1, 0.15) is 29.7 Å². The van der Waals surface area contributed by atoms with Crippen LogP contribution < -0.4 is 10.5 Å². The zero-order valence-electron chi connectivity index (χ0n) is 8.08. The van der Waals surface area contributed by atoms with Gasteiger partial charge in [-0.15, -0.1) is 0 Å². The van der Waals surface area contributed by atoms with E-state index >= 15 is 0 Å². The minimum atomic E-state index is -0.0345. The van der Waals surface area contributed by atoms with Crippen LogP contribution in [0.3, 0.4) is 0 Å². The molecule has 2 rings (SSSR count). The van der Waals surface area contributed by atoms with Gasteiger partial charge in [-0.3, -0.25) is 0 Å². The monoisotopic (exact) mass is 188 g/mol. The molecular formula is C11H12N2O. The molecule has 2 N–H and O–H groups in total. The van der Waals surface area contributed by atoms with E-state index in [1.807, 2.05) is 6.07 Å². The van der Waals surface area contributed by atoms with Gasteiger partial charge in [0.1, 0.15) is 12.4 Å². The van der Waals surface area contributed by atoms with Crippen molar-refractivity contribution in [2.24, 2.45) is 5.73 Å². The number of nitrogens with two attached hydrogens (primary N) is 1. The maximum Gasteiger partial charge on any atom is 0.125 e. The molecule has 0 saturated heterocycles. The fraction of sp³-hybridized carbons (Fsp3) is 0.364. The summed E-state index contributed by atoms with van der Waals surface area (Å²) < 4.78 is 5.42. The molecule has 1 aliphatic rings. The van der Waals surface area contributed by atoms with Crippen molar-refractivity contribution in [3.05, 3.63) is 28.8 Å². The third kappa shape index (κ3) is 1.24. The molecule has 3 nitrogen and oxygen atoms in total. The van der Waals surface area contributed by atoms with Crippen molar-refractivity contribution >= 4 is 0 Å². The van der Waals surface area contributed by atoms with E-state index in [0.717, 1.165) is 23.3 Å². The van der Waals surface area contributed by atoms with Gasteiger partial charge in [0.25, 0.3) is 0 Å². The van der Waals surface area contributed by atoms with Crippen LogP contribution in [0.4, 0.5) is 0 Å². The van der Waals surface area contributed by atoms with Crippen LogP contribution in [0.15, 0.2) is 12.1 Å². The summed E-state index contributed by atoms with van der Waals surface area (Å²) in [5.74, 6) is 0.786. The Morgan fingerprint density at radius 3 is 3.07 bits per heavy atom. The summed E-state index contributed by atoms with van der Waals surface area (Å²) >= 11 is 0. The standard InChI is InChI=1S/C11H12N2O/c1-2-8-3-7(5-12)4-10-11(8)9(13)6-14-10/h3-4,9H,2,6,13H2,1H3/t9-/m0/s1. The molecular weight excluding hydrogens is 176 g/mol. The highest BCUT2D eigenvalue weighted by atomic mass is 16.5. The number of nitrogens with zero attached hydrogens (tertiary/aromatic N) is 1. The van der Waals surface area contributed by atoms with E-state index in [2.05, 4.69) is 13.0 Å². The fourth-order valence-electron chi connectivity index (χ4n) is 1.84. The van der Waals surface area contributed by atoms with Gasteiger partial charge in [0, 0.05) is 5.56 Å². The van der Waals surface area contributed by atoms with Crippen LogP contribution in [-0.4, -0.2) is 6.61 Å². The second-order valence-electron chi connectivity index (χ2n) is 3.43. The number of nitriles is 1. The predicted molar refractivity (Wildman–Crippen MR) is 53.0 cm³/mol. The van der Waals surface area contributed by atoms with Gasteiger partial charge in [-0.25, -0.2) is 0 Å². The Morgan fingerprint density at radius 2 is 2.43 bits per heavy atom. The molecule has 14 heavy (non-hydrogen) atoms. The number of benzene rings is 1. The smallest absolute Gasteiger partial charge is 0.125 e. The summed E-state index contributed by atoms with van der Waals surface area (Å²) in [4.78, 5) is 0. The molecule has 1 aliphatic heterocycles. The molecule has 0 radical (unpaired) electrons. The highest BCUT2D eigenvalue weighted by molar-refractivity contribution is 5.51. The Balaban J connectivity index is 2.60. The van der Waals surface area contributed by atoms with Gasteiger partial charge in [-0.2, -0.15) is 5.26 Å². The van der Waals surface area contributed by atoms with Gasteiger partial charge >= 0.3 is 0 Å². The molecule has 1 atom stereocenters. The first-order valence-corrected chi connectivity index (χ1v) is 4.71. The van der Waals surface area contributed by atoms with Gasteiger partial charge in [-0.1, -0.05) is 6.92 Å². The van der Waals surface area contributed by atoms with Crippen molar-refractivity contribution < 1.29 is 4.74 Å². The molecule has 0 saturated carbocycles. The zero-order chi connectivity index (χ0) is 10.1. The van der Waals surface area contributed by atoms with Crippen LogP contribution in [0.2, 0.25) is 0 Å². The molecule has 3 heteroatoms. The summed E-state index contributed by atoms with van der Waals surface area (Å²) in [6.07, 6.45) is 0.884. The van der Waals surface area contributed by atoms with Crippen LogP contribution in [0.25, 0.3) is 0 Å². The minimum absolute atomic E-state index is 0.0345. The normalized spacial score (nSPS) is 18.5. The molecule has 72 valence electrons. The second-order valence-corrected chi connectivity index (χ2v) is 3.43. The number of aryl methyl sites for hydroxylation is 1. The number of ether oxygens (including phenoxy) is 1. The fourth-order valence-corrected chi connectivity index (χ4v) is 1.84. The topological polar surface area (TPSA) is 59.0 Å². The molecule has 1 aromatic rings. The average molecular weight is 188 g/mol. The molecule has 1 aromatic carbocycles. The molecule has 0 spiro atoms. The molecule has 0 aliphatic carbocycles. The van der Waals surface area contributed by atoms with Crippen molar-refractivity contribution in [1.82, 2.24) is 0 Å². The van der Waals surface area contributed by atoms with Crippen molar-refractivity contribution in [2.45, 2.75) is 19.4 Å². The van der Waals surface area contributed by atoms with Crippen molar-refractivity contribution in [3.63, 3.8) is 0 Å². The Bertz CT molecular complexity index is 406. The van der Waals surface area contributed by atoms with Gasteiger partial charge in [0.05, 0.1) is 17.7 Å². The molecule has 0 aromatic heterocycles. The first kappa shape index (κ1) is 9.04. The molecule has 1 heterocycles. The third-order valence-corrected chi connectivity index (χ3v) is 2.53. The van der Waals surface area contributed by atoms with Gasteiger partial charge in [0.15, 0.2) is 0 Å². The van der Waals surface area contributed by atoms with E-state index in [-0.39, 0.29) is 6.04 Å². The summed E-state index contributed by atoms with van der Waals surface area (Å²) in [6, 6.07) is 5.75. The van der Waals surface area contributed by atoms with Gasteiger partial charge < -0.3 is 10.5 Å². The van der Waals surface area contributed by atoms with Gasteiger partial charge in [0.2, 0.25) is 0 Å². The Kier molecular flexibility index (Phi) is 2.14. The highest BCUT2D eigenvalue weighted by Gasteiger charge is 2.24. The molecule has 0 bridgehead atoms. The van der Waals surface area contributed by atoms with Crippen molar-refractivity contribution in [3.8, 4) is 11.8 Å². The third-order valence-electron chi connectivity index (χ3n) is 2.53. The van der Waals surface area contributed by atoms with Crippen LogP contribution in [0.5, 0.6) is 5.75 Å². The summed E-state index contributed by atoms with van der Waals surface area (Å²) in [5.41, 5.74) is 8.76. The van der Waals surface area contributed by atoms with Crippen LogP contribution in [0, 0.1) is 11.3 Å². The Hall–Kier alpha value is -1.53. The highest BCUT2D eigenvalue weighted by Crippen LogP contribution is 2.35. The number of rotatable bonds is 1. The molecule has 0 unspecified atom stereocenters. The first-order chi connectivity index (χ1) is 6.76. The lowest BCUT2D eigenvalue weighted by molar-refractivity contribution is 0.333. The first-order valence-electron chi connectivity index (χ1n) is 4.71. The van der Waals surface area contributed by atoms with Crippen LogP contribution in [-0.2, 0) is 6.42 Å². The molecule has 0 amide bonds. The maximum absolute atomic E-state index is 8.82. The lowest BCUT2D eigenvalue weighted by Crippen LogP contribution is -2.12. The summed E-state index contributed by atoms with van der Waals surface area (Å²) in [6.45, 7) is 2.58. The van der Waals surface area contributed by atoms with E-state index in [1.165, 1.54) is 0 Å². The van der Waals surface area contributed by atoms with Crippen molar-refractivity contribution in [2.75, 3.05) is 6.61 Å². The number of hydrogen-bond acceptors (Lipinski definition) is 3. The van der Waals surface area contributed by atoms with E-state index in [9.17, 15) is 0 Å². The summed E-state index contributed by atoms with van der Waals surface area (Å²) in [5, 5.41) is 8.82. The van der Waals surface area contributed by atoms with Crippen molar-refractivity contribution in [1.29, 1.82) is 5.26 Å². The van der Waals surface area contributed by atoms with E-state index < -0.39 is 0 Å². The second kappa shape index (κ2) is 3.32. The molecule has 0 fully saturated rings. The number of hydrogen-bond donors (Lipinski definition) is 1. The maximum atomic E-state index is 8.82.